The summed E-state index contributed by atoms with van der Waals surface area (Å²) in [5, 5.41) is 22.8. The Morgan fingerprint density at radius 2 is 2.00 bits per heavy atom. The maximum absolute atomic E-state index is 12.2. The van der Waals surface area contributed by atoms with E-state index in [1.807, 2.05) is 0 Å². The fraction of sp³-hybridized carbons (Fsp3) is 0.333. The molecule has 114 valence electrons. The van der Waals surface area contributed by atoms with Crippen LogP contribution in [0.15, 0.2) is 43.1 Å². The average Bonchev–Trinajstić information content (AvgIpc) is 2.85. The number of aliphatic hydroxyl groups is 2. The molecule has 0 saturated heterocycles. The average molecular weight is 300 g/mol. The second kappa shape index (κ2) is 6.17. The quantitative estimate of drug-likeness (QED) is 0.729. The van der Waals surface area contributed by atoms with Crippen LogP contribution >= 0.6 is 0 Å². The largest absolute Gasteiger partial charge is 0.390 e. The highest BCUT2D eigenvalue weighted by molar-refractivity contribution is 5.92. The van der Waals surface area contributed by atoms with Crippen molar-refractivity contribution in [2.75, 3.05) is 0 Å². The van der Waals surface area contributed by atoms with Crippen LogP contribution in [0.2, 0.25) is 0 Å². The third-order valence-corrected chi connectivity index (χ3v) is 3.90. The standard InChI is InChI=1S/C15H16N4O3/c20-12-5-10(9-6-16-8-17-7-9)13(14(12)21)19-15(22)11-3-1-2-4-18-11/h1-4,6-8,10,12-14,20-21H,5H2,(H,19,22)/t10-,12-,13-,14-/m1/s1. The first-order valence-electron chi connectivity index (χ1n) is 6.99. The Kier molecular flexibility index (Phi) is 4.08. The lowest BCUT2D eigenvalue weighted by atomic mass is 9.96. The Bertz CT molecular complexity index is 638. The number of nitrogens with one attached hydrogen (secondary N) is 1. The van der Waals surface area contributed by atoms with Crippen molar-refractivity contribution in [2.24, 2.45) is 0 Å². The van der Waals surface area contributed by atoms with E-state index in [-0.39, 0.29) is 17.5 Å². The molecule has 0 radical (unpaired) electrons. The molecule has 0 spiro atoms. The van der Waals surface area contributed by atoms with Gasteiger partial charge in [0.2, 0.25) is 0 Å². The van der Waals surface area contributed by atoms with Gasteiger partial charge < -0.3 is 15.5 Å². The van der Waals surface area contributed by atoms with Crippen molar-refractivity contribution in [1.29, 1.82) is 0 Å². The number of hydrogen-bond acceptors (Lipinski definition) is 6. The van der Waals surface area contributed by atoms with E-state index in [1.54, 1.807) is 30.6 Å². The molecule has 3 N–H and O–H groups in total. The first-order chi connectivity index (χ1) is 10.7. The van der Waals surface area contributed by atoms with Crippen LogP contribution in [-0.2, 0) is 0 Å². The maximum Gasteiger partial charge on any atom is 0.270 e. The summed E-state index contributed by atoms with van der Waals surface area (Å²) in [7, 11) is 0. The van der Waals surface area contributed by atoms with Gasteiger partial charge in [0.25, 0.3) is 5.91 Å². The number of hydrogen-bond donors (Lipinski definition) is 3. The van der Waals surface area contributed by atoms with Crippen LogP contribution in [0, 0.1) is 0 Å². The first kappa shape index (κ1) is 14.6. The van der Waals surface area contributed by atoms with Gasteiger partial charge in [-0.15, -0.1) is 0 Å². The highest BCUT2D eigenvalue weighted by Crippen LogP contribution is 2.34. The minimum absolute atomic E-state index is 0.251. The van der Waals surface area contributed by atoms with Crippen LogP contribution in [-0.4, -0.2) is 49.3 Å². The molecule has 7 heteroatoms. The fourth-order valence-electron chi connectivity index (χ4n) is 2.78. The van der Waals surface area contributed by atoms with E-state index in [1.165, 1.54) is 12.5 Å². The molecule has 22 heavy (non-hydrogen) atoms. The topological polar surface area (TPSA) is 108 Å². The maximum atomic E-state index is 12.2. The molecule has 3 rings (SSSR count). The summed E-state index contributed by atoms with van der Waals surface area (Å²) in [4.78, 5) is 24.1. The van der Waals surface area contributed by atoms with E-state index >= 15 is 0 Å². The molecule has 0 aliphatic heterocycles. The molecule has 7 nitrogen and oxygen atoms in total. The smallest absolute Gasteiger partial charge is 0.270 e. The second-order valence-electron chi connectivity index (χ2n) is 5.29. The zero-order valence-corrected chi connectivity index (χ0v) is 11.7. The van der Waals surface area contributed by atoms with Gasteiger partial charge in [0, 0.05) is 24.5 Å². The molecule has 0 aromatic carbocycles. The Morgan fingerprint density at radius 1 is 1.23 bits per heavy atom. The van der Waals surface area contributed by atoms with E-state index in [0.717, 1.165) is 5.56 Å². The number of aromatic nitrogens is 3. The van der Waals surface area contributed by atoms with Gasteiger partial charge in [0.15, 0.2) is 0 Å². The Hall–Kier alpha value is -2.38. The van der Waals surface area contributed by atoms with E-state index in [4.69, 9.17) is 0 Å². The van der Waals surface area contributed by atoms with E-state index in [9.17, 15) is 15.0 Å². The number of pyridine rings is 1. The summed E-state index contributed by atoms with van der Waals surface area (Å²) in [6.07, 6.45) is 4.58. The zero-order valence-electron chi connectivity index (χ0n) is 11.7. The number of nitrogens with zero attached hydrogens (tertiary/aromatic N) is 3. The fourth-order valence-corrected chi connectivity index (χ4v) is 2.78. The second-order valence-corrected chi connectivity index (χ2v) is 5.29. The molecule has 2 heterocycles. The Balaban J connectivity index is 1.82. The van der Waals surface area contributed by atoms with Crippen molar-refractivity contribution in [3.05, 3.63) is 54.4 Å². The highest BCUT2D eigenvalue weighted by atomic mass is 16.3. The van der Waals surface area contributed by atoms with Crippen LogP contribution in [0.4, 0.5) is 0 Å². The number of aliphatic hydroxyl groups excluding tert-OH is 2. The molecule has 1 saturated carbocycles. The molecule has 0 unspecified atom stereocenters. The lowest BCUT2D eigenvalue weighted by molar-refractivity contribution is 0.0294. The first-order valence-corrected chi connectivity index (χ1v) is 6.99. The monoisotopic (exact) mass is 300 g/mol. The zero-order chi connectivity index (χ0) is 15.5. The van der Waals surface area contributed by atoms with Crippen LogP contribution in [0.5, 0.6) is 0 Å². The third-order valence-electron chi connectivity index (χ3n) is 3.90. The molecule has 2 aromatic rings. The number of carbonyl (C=O) groups is 1. The van der Waals surface area contributed by atoms with Gasteiger partial charge >= 0.3 is 0 Å². The normalized spacial score (nSPS) is 27.5. The molecule has 4 atom stereocenters. The summed E-state index contributed by atoms with van der Waals surface area (Å²) in [6.45, 7) is 0. The van der Waals surface area contributed by atoms with Crippen molar-refractivity contribution < 1.29 is 15.0 Å². The molecular formula is C15H16N4O3. The van der Waals surface area contributed by atoms with Gasteiger partial charge in [-0.1, -0.05) is 6.07 Å². The van der Waals surface area contributed by atoms with Gasteiger partial charge in [-0.2, -0.15) is 0 Å². The van der Waals surface area contributed by atoms with E-state index < -0.39 is 18.2 Å². The lowest BCUT2D eigenvalue weighted by Gasteiger charge is -2.23. The van der Waals surface area contributed by atoms with E-state index in [0.29, 0.717) is 6.42 Å². The third kappa shape index (κ3) is 2.81. The van der Waals surface area contributed by atoms with Crippen molar-refractivity contribution in [3.63, 3.8) is 0 Å². The minimum atomic E-state index is -1.04. The predicted octanol–water partition coefficient (Wildman–Crippen LogP) is -0.121. The van der Waals surface area contributed by atoms with Gasteiger partial charge in [0.1, 0.15) is 18.1 Å². The van der Waals surface area contributed by atoms with Gasteiger partial charge in [-0.3, -0.25) is 9.78 Å². The number of amides is 1. The van der Waals surface area contributed by atoms with Crippen molar-refractivity contribution in [3.8, 4) is 0 Å². The lowest BCUT2D eigenvalue weighted by Crippen LogP contribution is -2.45. The van der Waals surface area contributed by atoms with E-state index in [2.05, 4.69) is 20.3 Å². The number of carbonyl (C=O) groups excluding carboxylic acids is 1. The molecular weight excluding hydrogens is 284 g/mol. The molecule has 1 amide bonds. The van der Waals surface area contributed by atoms with Crippen LogP contribution < -0.4 is 5.32 Å². The molecule has 2 aromatic heterocycles. The van der Waals surface area contributed by atoms with Crippen molar-refractivity contribution >= 4 is 5.91 Å². The summed E-state index contributed by atoms with van der Waals surface area (Å²) in [6, 6.07) is 4.41. The van der Waals surface area contributed by atoms with Crippen LogP contribution in [0.1, 0.15) is 28.4 Å². The molecule has 1 aliphatic rings. The van der Waals surface area contributed by atoms with Crippen LogP contribution in [0.3, 0.4) is 0 Å². The van der Waals surface area contributed by atoms with Crippen molar-refractivity contribution in [1.82, 2.24) is 20.3 Å². The van der Waals surface area contributed by atoms with Crippen molar-refractivity contribution in [2.45, 2.75) is 30.6 Å². The molecule has 1 aliphatic carbocycles. The predicted molar refractivity (Wildman–Crippen MR) is 76.9 cm³/mol. The summed E-state index contributed by atoms with van der Waals surface area (Å²) >= 11 is 0. The van der Waals surface area contributed by atoms with Gasteiger partial charge in [0.05, 0.1) is 12.1 Å². The SMILES string of the molecule is O=C(N[C@H]1[C@H](O)[C@H](O)C[C@@H]1c1cncnc1)c1ccccn1. The summed E-state index contributed by atoms with van der Waals surface area (Å²) in [5.74, 6) is -0.639. The summed E-state index contributed by atoms with van der Waals surface area (Å²) in [5.41, 5.74) is 1.03. The number of rotatable bonds is 3. The summed E-state index contributed by atoms with van der Waals surface area (Å²) < 4.78 is 0. The van der Waals surface area contributed by atoms with Gasteiger partial charge in [-0.25, -0.2) is 9.97 Å². The molecule has 1 fully saturated rings. The minimum Gasteiger partial charge on any atom is -0.390 e. The Morgan fingerprint density at radius 3 is 2.68 bits per heavy atom. The highest BCUT2D eigenvalue weighted by Gasteiger charge is 2.43. The van der Waals surface area contributed by atoms with Crippen LogP contribution in [0.25, 0.3) is 0 Å². The van der Waals surface area contributed by atoms with Gasteiger partial charge in [-0.05, 0) is 24.1 Å². The Labute approximate surface area is 127 Å². The molecule has 0 bridgehead atoms.